The number of nitrogens with zero attached hydrogens (tertiary/aromatic N) is 6. The Kier molecular flexibility index (Phi) is 6.92. The van der Waals surface area contributed by atoms with Crippen LogP contribution in [0, 0.1) is 0 Å². The monoisotopic (exact) mass is 460 g/mol. The third-order valence-electron chi connectivity index (χ3n) is 4.97. The van der Waals surface area contributed by atoms with Gasteiger partial charge < -0.3 is 10.5 Å². The topological polar surface area (TPSA) is 146 Å². The van der Waals surface area contributed by atoms with Crippen molar-refractivity contribution in [3.05, 3.63) is 65.9 Å². The third-order valence-corrected chi connectivity index (χ3v) is 4.97. The lowest BCUT2D eigenvalue weighted by molar-refractivity contribution is 0.0950. The molecule has 1 amide bonds. The number of hydrazone groups is 1. The number of nitrogens with two attached hydrogens (primary N) is 1. The molecule has 0 aliphatic rings. The van der Waals surface area contributed by atoms with Crippen LogP contribution in [0.2, 0.25) is 0 Å². The first-order valence-corrected chi connectivity index (χ1v) is 10.7. The molecule has 2 aromatic carbocycles. The summed E-state index contributed by atoms with van der Waals surface area (Å²) in [6.45, 7) is 4.23. The van der Waals surface area contributed by atoms with Gasteiger partial charge in [-0.05, 0) is 54.7 Å². The summed E-state index contributed by atoms with van der Waals surface area (Å²) in [6, 6.07) is 17.2. The minimum Gasteiger partial charge on any atom is -0.494 e. The number of benzene rings is 2. The standard InChI is InChI=1S/C23H24N8O3/c1-3-33-18-11-7-10-17(14-18)20-19(26-30-31(20)22-21(24)28-34-29-22)23(32)27-25-15(2)12-13-16-8-5-4-6-9-16/h4-11,14H,3,12-13H2,1-2H3,(H2,24,28)(H,27,32)/b25-15-. The quantitative estimate of drug-likeness (QED) is 0.286. The molecule has 4 rings (SSSR count). The summed E-state index contributed by atoms with van der Waals surface area (Å²) in [5.41, 5.74) is 11.4. The Hall–Kier alpha value is -4.54. The molecule has 0 unspecified atom stereocenters. The maximum atomic E-state index is 13.0. The summed E-state index contributed by atoms with van der Waals surface area (Å²) in [6.07, 6.45) is 1.51. The van der Waals surface area contributed by atoms with Gasteiger partial charge in [0.2, 0.25) is 11.6 Å². The zero-order valence-electron chi connectivity index (χ0n) is 18.8. The Morgan fingerprint density at radius 3 is 2.74 bits per heavy atom. The van der Waals surface area contributed by atoms with Gasteiger partial charge in [0.25, 0.3) is 5.91 Å². The molecule has 0 spiro atoms. The lowest BCUT2D eigenvalue weighted by Gasteiger charge is -2.08. The fourth-order valence-electron chi connectivity index (χ4n) is 3.30. The molecule has 0 fully saturated rings. The van der Waals surface area contributed by atoms with Crippen LogP contribution in [0.3, 0.4) is 0 Å². The molecule has 0 saturated heterocycles. The molecule has 0 aliphatic carbocycles. The van der Waals surface area contributed by atoms with Crippen molar-refractivity contribution in [3.63, 3.8) is 0 Å². The number of hydrogen-bond donors (Lipinski definition) is 2. The Morgan fingerprint density at radius 2 is 2.00 bits per heavy atom. The van der Waals surface area contributed by atoms with Crippen LogP contribution in [0.4, 0.5) is 5.82 Å². The molecule has 0 atom stereocenters. The van der Waals surface area contributed by atoms with E-state index in [-0.39, 0.29) is 17.3 Å². The number of rotatable bonds is 9. The summed E-state index contributed by atoms with van der Waals surface area (Å²) in [7, 11) is 0. The molecule has 34 heavy (non-hydrogen) atoms. The van der Waals surface area contributed by atoms with Gasteiger partial charge in [-0.15, -0.1) is 5.10 Å². The third kappa shape index (κ3) is 5.09. The minimum atomic E-state index is -0.530. The maximum absolute atomic E-state index is 13.0. The van der Waals surface area contributed by atoms with E-state index in [0.717, 1.165) is 12.1 Å². The van der Waals surface area contributed by atoms with Crippen molar-refractivity contribution in [2.24, 2.45) is 5.10 Å². The highest BCUT2D eigenvalue weighted by Crippen LogP contribution is 2.29. The first kappa shape index (κ1) is 22.6. The van der Waals surface area contributed by atoms with E-state index in [9.17, 15) is 4.79 Å². The molecular weight excluding hydrogens is 436 g/mol. The molecule has 0 saturated carbocycles. The molecule has 3 N–H and O–H groups in total. The van der Waals surface area contributed by atoms with Gasteiger partial charge in [-0.2, -0.15) is 9.78 Å². The Balaban J connectivity index is 1.61. The van der Waals surface area contributed by atoms with Gasteiger partial charge in [-0.25, -0.2) is 10.1 Å². The highest BCUT2D eigenvalue weighted by molar-refractivity contribution is 5.99. The van der Waals surface area contributed by atoms with Gasteiger partial charge in [-0.3, -0.25) is 4.79 Å². The first-order valence-electron chi connectivity index (χ1n) is 10.7. The molecule has 2 heterocycles. The molecule has 11 nitrogen and oxygen atoms in total. The van der Waals surface area contributed by atoms with E-state index in [1.54, 1.807) is 18.2 Å². The second-order valence-corrected chi connectivity index (χ2v) is 7.41. The van der Waals surface area contributed by atoms with Crippen LogP contribution < -0.4 is 15.9 Å². The summed E-state index contributed by atoms with van der Waals surface area (Å²) in [5.74, 6) is 0.219. The van der Waals surface area contributed by atoms with Crippen molar-refractivity contribution in [2.45, 2.75) is 26.7 Å². The van der Waals surface area contributed by atoms with E-state index in [2.05, 4.69) is 43.3 Å². The normalized spacial score (nSPS) is 11.4. The molecule has 0 bridgehead atoms. The second-order valence-electron chi connectivity index (χ2n) is 7.41. The van der Waals surface area contributed by atoms with Crippen molar-refractivity contribution in [1.82, 2.24) is 30.7 Å². The van der Waals surface area contributed by atoms with E-state index in [4.69, 9.17) is 15.1 Å². The molecule has 4 aromatic rings. The fraction of sp³-hybridized carbons (Fsp3) is 0.217. The van der Waals surface area contributed by atoms with E-state index < -0.39 is 5.91 Å². The van der Waals surface area contributed by atoms with Gasteiger partial charge in [0, 0.05) is 11.3 Å². The summed E-state index contributed by atoms with van der Waals surface area (Å²) in [4.78, 5) is 13.0. The average Bonchev–Trinajstić information content (AvgIpc) is 3.48. The fourth-order valence-corrected chi connectivity index (χ4v) is 3.30. The van der Waals surface area contributed by atoms with Crippen LogP contribution in [0.1, 0.15) is 36.3 Å². The Bertz CT molecular complexity index is 1300. The van der Waals surface area contributed by atoms with E-state index in [1.807, 2.05) is 38.1 Å². The van der Waals surface area contributed by atoms with Crippen LogP contribution in [0.25, 0.3) is 17.1 Å². The van der Waals surface area contributed by atoms with E-state index in [0.29, 0.717) is 30.0 Å². The maximum Gasteiger partial charge on any atom is 0.294 e. The number of carbonyl (C=O) groups excluding carboxylic acids is 1. The van der Waals surface area contributed by atoms with Gasteiger partial charge in [0.05, 0.1) is 6.61 Å². The smallest absolute Gasteiger partial charge is 0.294 e. The predicted octanol–water partition coefficient (Wildman–Crippen LogP) is 3.04. The van der Waals surface area contributed by atoms with Crippen molar-refractivity contribution in [2.75, 3.05) is 12.3 Å². The molecule has 174 valence electrons. The molecule has 2 aromatic heterocycles. The number of aromatic nitrogens is 5. The van der Waals surface area contributed by atoms with Crippen LogP contribution in [0.5, 0.6) is 5.75 Å². The number of nitrogen functional groups attached to an aromatic ring is 1. The van der Waals surface area contributed by atoms with E-state index >= 15 is 0 Å². The van der Waals surface area contributed by atoms with Crippen LogP contribution in [-0.4, -0.2) is 43.5 Å². The molecule has 11 heteroatoms. The summed E-state index contributed by atoms with van der Waals surface area (Å²) >= 11 is 0. The number of ether oxygens (including phenoxy) is 1. The lowest BCUT2D eigenvalue weighted by atomic mass is 10.1. The van der Waals surface area contributed by atoms with Gasteiger partial charge >= 0.3 is 0 Å². The largest absolute Gasteiger partial charge is 0.494 e. The Morgan fingerprint density at radius 1 is 1.18 bits per heavy atom. The predicted molar refractivity (Wildman–Crippen MR) is 126 cm³/mol. The number of carbonyl (C=O) groups is 1. The lowest BCUT2D eigenvalue weighted by Crippen LogP contribution is -2.20. The van der Waals surface area contributed by atoms with Crippen LogP contribution in [0.15, 0.2) is 64.3 Å². The highest BCUT2D eigenvalue weighted by atomic mass is 16.6. The van der Waals surface area contributed by atoms with Crippen molar-refractivity contribution >= 4 is 17.4 Å². The van der Waals surface area contributed by atoms with E-state index in [1.165, 1.54) is 10.2 Å². The number of anilines is 1. The minimum absolute atomic E-state index is 0.00819. The molecule has 0 aliphatic heterocycles. The number of aryl methyl sites for hydroxylation is 1. The van der Waals surface area contributed by atoms with Crippen LogP contribution in [-0.2, 0) is 6.42 Å². The van der Waals surface area contributed by atoms with Crippen molar-refractivity contribution in [1.29, 1.82) is 0 Å². The Labute approximate surface area is 195 Å². The molecular formula is C23H24N8O3. The average molecular weight is 460 g/mol. The van der Waals surface area contributed by atoms with Crippen LogP contribution >= 0.6 is 0 Å². The zero-order valence-corrected chi connectivity index (χ0v) is 18.8. The summed E-state index contributed by atoms with van der Waals surface area (Å²) in [5, 5.41) is 19.7. The highest BCUT2D eigenvalue weighted by Gasteiger charge is 2.25. The van der Waals surface area contributed by atoms with Crippen molar-refractivity contribution < 1.29 is 14.2 Å². The number of hydrogen-bond acceptors (Lipinski definition) is 9. The number of nitrogens with one attached hydrogen (secondary N) is 1. The van der Waals surface area contributed by atoms with Gasteiger partial charge in [-0.1, -0.05) is 47.7 Å². The second kappa shape index (κ2) is 10.4. The zero-order chi connectivity index (χ0) is 23.9. The summed E-state index contributed by atoms with van der Waals surface area (Å²) < 4.78 is 11.6. The number of amides is 1. The first-order chi connectivity index (χ1) is 16.6. The van der Waals surface area contributed by atoms with Gasteiger partial charge in [0.1, 0.15) is 11.4 Å². The SMILES string of the molecule is CCOc1cccc(-c2c(C(=O)N/N=C(/C)CCc3ccccc3)nnn2-c2nonc2N)c1. The molecule has 0 radical (unpaired) electrons. The van der Waals surface area contributed by atoms with Gasteiger partial charge in [0.15, 0.2) is 5.69 Å². The van der Waals surface area contributed by atoms with Crippen molar-refractivity contribution in [3.8, 4) is 22.8 Å².